The lowest BCUT2D eigenvalue weighted by Gasteiger charge is -1.58. The van der Waals surface area contributed by atoms with Gasteiger partial charge < -0.3 is 5.11 Å². The van der Waals surface area contributed by atoms with E-state index in [4.69, 9.17) is 9.90 Å². The van der Waals surface area contributed by atoms with Crippen molar-refractivity contribution >= 4 is 29.0 Å². The molecule has 0 atom stereocenters. The predicted molar refractivity (Wildman–Crippen MR) is 21.5 cm³/mol. The highest BCUT2D eigenvalue weighted by Crippen LogP contribution is 1.40. The van der Waals surface area contributed by atoms with Crippen molar-refractivity contribution in [2.75, 3.05) is 0 Å². The van der Waals surface area contributed by atoms with Crippen molar-refractivity contribution in [1.29, 1.82) is 0 Å². The summed E-state index contributed by atoms with van der Waals surface area (Å²) in [5.41, 5.74) is 0. The number of hydrogen-bond donors (Lipinski definition) is 1. The van der Waals surface area contributed by atoms with E-state index in [1.54, 1.807) is 0 Å². The largest absolute Gasteiger partial charge is 0.481 e. The Morgan fingerprint density at radius 1 is 1.80 bits per heavy atom. The van der Waals surface area contributed by atoms with Crippen LogP contribution < -0.4 is 0 Å². The first kappa shape index (κ1) is 8.97. The van der Waals surface area contributed by atoms with Crippen LogP contribution in [0.3, 0.4) is 0 Å². The lowest BCUT2D eigenvalue weighted by atomic mass is 10.9. The molecule has 3 heteroatoms. The molecule has 0 aliphatic carbocycles. The number of hydrogen-bond acceptors (Lipinski definition) is 1. The smallest absolute Gasteiger partial charge is 0.316 e. The molecule has 0 aliphatic heterocycles. The first-order valence-electron chi connectivity index (χ1n) is 0.781. The van der Waals surface area contributed by atoms with Crippen LogP contribution in [-0.4, -0.2) is 34.1 Å². The molecule has 0 spiro atoms. The zero-order valence-electron chi connectivity index (χ0n) is 2.06. The summed E-state index contributed by atoms with van der Waals surface area (Å²) in [6, 6.07) is 0. The summed E-state index contributed by atoms with van der Waals surface area (Å²) in [7, 11) is 0. The van der Waals surface area contributed by atoms with Crippen LogP contribution in [0, 0.1) is 6.92 Å². The number of carbonyl (C=O) groups is 1. The molecule has 0 aromatic rings. The van der Waals surface area contributed by atoms with Crippen molar-refractivity contribution in [1.82, 2.24) is 0 Å². The van der Waals surface area contributed by atoms with Gasteiger partial charge in [-0.3, -0.25) is 4.79 Å². The maximum Gasteiger partial charge on any atom is 0.316 e. The minimum Gasteiger partial charge on any atom is -0.481 e. The Balaban J connectivity index is 0. The van der Waals surface area contributed by atoms with Gasteiger partial charge >= 0.3 is 29.0 Å². The van der Waals surface area contributed by atoms with Gasteiger partial charge in [0.25, 0.3) is 0 Å². The maximum absolute atomic E-state index is 8.89. The highest BCUT2D eigenvalue weighted by molar-refractivity contribution is 5.75. The molecule has 0 aliphatic rings. The fourth-order valence-corrected chi connectivity index (χ4v) is 0. The van der Waals surface area contributed by atoms with Gasteiger partial charge in [-0.2, -0.15) is 0 Å². The molecule has 0 aromatic heterocycles. The Labute approximate surface area is 46.3 Å². The lowest BCUT2D eigenvalue weighted by molar-refractivity contribution is -0.131. The second-order valence-corrected chi connectivity index (χ2v) is 0.394. The Bertz CT molecular complexity index is 30.6. The highest BCUT2D eigenvalue weighted by Gasteiger charge is 1.66. The van der Waals surface area contributed by atoms with Gasteiger partial charge in [-0.05, 0) is 0 Å². The van der Waals surface area contributed by atoms with Gasteiger partial charge in [0.1, 0.15) is 0 Å². The van der Waals surface area contributed by atoms with E-state index in [9.17, 15) is 0 Å². The lowest BCUT2D eigenvalue weighted by Crippen LogP contribution is -1.79. The van der Waals surface area contributed by atoms with E-state index in [0.717, 1.165) is 0 Å². The van der Waals surface area contributed by atoms with E-state index in [-0.39, 0.29) is 23.1 Å². The van der Waals surface area contributed by atoms with Gasteiger partial charge in [-0.25, -0.2) is 0 Å². The summed E-state index contributed by atoms with van der Waals surface area (Å²) in [6.45, 7) is 2.56. The molecule has 0 fully saturated rings. The molecule has 0 bridgehead atoms. The van der Waals surface area contributed by atoms with Crippen LogP contribution in [0.1, 0.15) is 0 Å². The third-order valence-electron chi connectivity index (χ3n) is 0. The van der Waals surface area contributed by atoms with Crippen molar-refractivity contribution in [3.05, 3.63) is 6.92 Å². The standard InChI is InChI=1S/C2H3O2.Mg.2H/c1-2(3)4;;;/h1H2,(H,3,4);;;. The van der Waals surface area contributed by atoms with Gasteiger partial charge in [-0.15, -0.1) is 0 Å². The van der Waals surface area contributed by atoms with Crippen LogP contribution in [0.15, 0.2) is 0 Å². The van der Waals surface area contributed by atoms with E-state index < -0.39 is 5.97 Å². The number of carboxylic acids is 1. The fraction of sp³-hybridized carbons (Fsp3) is 0. The molecule has 27 valence electrons. The van der Waals surface area contributed by atoms with Crippen molar-refractivity contribution in [2.24, 2.45) is 0 Å². The quantitative estimate of drug-likeness (QED) is 0.383. The first-order chi connectivity index (χ1) is 1.73. The molecule has 0 unspecified atom stereocenters. The average Bonchev–Trinajstić information content (AvgIpc) is 0.811. The molecule has 0 saturated carbocycles. The zero-order valence-corrected chi connectivity index (χ0v) is 2.06. The molecular formula is C2H5MgO2. The summed E-state index contributed by atoms with van der Waals surface area (Å²) >= 11 is 0. The Morgan fingerprint density at radius 2 is 1.80 bits per heavy atom. The molecule has 0 heterocycles. The summed E-state index contributed by atoms with van der Waals surface area (Å²) < 4.78 is 0. The second-order valence-electron chi connectivity index (χ2n) is 0.394. The van der Waals surface area contributed by atoms with Crippen molar-refractivity contribution < 1.29 is 9.90 Å². The molecule has 5 heavy (non-hydrogen) atoms. The van der Waals surface area contributed by atoms with Crippen molar-refractivity contribution in [3.63, 3.8) is 0 Å². The molecule has 0 aromatic carbocycles. The maximum atomic E-state index is 8.89. The van der Waals surface area contributed by atoms with E-state index in [0.29, 0.717) is 0 Å². The van der Waals surface area contributed by atoms with E-state index in [1.807, 2.05) is 0 Å². The topological polar surface area (TPSA) is 37.3 Å². The van der Waals surface area contributed by atoms with Crippen LogP contribution >= 0.6 is 0 Å². The fourth-order valence-electron chi connectivity index (χ4n) is 0. The summed E-state index contributed by atoms with van der Waals surface area (Å²) in [6.07, 6.45) is 0. The normalized spacial score (nSPS) is 5.00. The van der Waals surface area contributed by atoms with Gasteiger partial charge in [-0.1, -0.05) is 0 Å². The van der Waals surface area contributed by atoms with E-state index in [1.165, 1.54) is 0 Å². The minimum atomic E-state index is -1.08. The predicted octanol–water partition coefficient (Wildman–Crippen LogP) is -1.01. The zero-order chi connectivity index (χ0) is 3.58. The summed E-state index contributed by atoms with van der Waals surface area (Å²) in [4.78, 5) is 8.89. The molecule has 1 N–H and O–H groups in total. The van der Waals surface area contributed by atoms with Crippen LogP contribution in [0.2, 0.25) is 0 Å². The second kappa shape index (κ2) is 4.24. The third kappa shape index (κ3) is 380. The average molecular weight is 85.4 g/mol. The molecule has 1 radical (unpaired) electrons. The van der Waals surface area contributed by atoms with Crippen LogP contribution in [0.5, 0.6) is 0 Å². The number of rotatable bonds is 0. The van der Waals surface area contributed by atoms with Gasteiger partial charge in [0.15, 0.2) is 0 Å². The SMILES string of the molecule is [CH2]C(=O)O.[MgH2]. The molecule has 0 amide bonds. The molecule has 0 saturated heterocycles. The number of carboxylic acid groups (broad SMARTS) is 1. The highest BCUT2D eigenvalue weighted by atomic mass is 24.3. The monoisotopic (exact) mass is 85.0 g/mol. The van der Waals surface area contributed by atoms with Crippen LogP contribution in [0.25, 0.3) is 0 Å². The molecule has 0 rings (SSSR count). The van der Waals surface area contributed by atoms with E-state index in [2.05, 4.69) is 6.92 Å². The summed E-state index contributed by atoms with van der Waals surface area (Å²) in [5, 5.41) is 7.31. The van der Waals surface area contributed by atoms with Crippen LogP contribution in [-0.2, 0) is 4.79 Å². The van der Waals surface area contributed by atoms with Crippen molar-refractivity contribution in [2.45, 2.75) is 0 Å². The number of aliphatic carboxylic acids is 1. The van der Waals surface area contributed by atoms with Crippen LogP contribution in [0.4, 0.5) is 0 Å². The Hall–Kier alpha value is 0.236. The van der Waals surface area contributed by atoms with Gasteiger partial charge in [0.05, 0.1) is 6.92 Å². The summed E-state index contributed by atoms with van der Waals surface area (Å²) in [5.74, 6) is -1.08. The molecular weight excluding hydrogens is 80.3 g/mol. The van der Waals surface area contributed by atoms with Gasteiger partial charge in [0.2, 0.25) is 0 Å². The Morgan fingerprint density at radius 3 is 1.80 bits per heavy atom. The van der Waals surface area contributed by atoms with E-state index >= 15 is 0 Å². The third-order valence-corrected chi connectivity index (χ3v) is 0. The van der Waals surface area contributed by atoms with Crippen molar-refractivity contribution in [3.8, 4) is 0 Å². The minimum absolute atomic E-state index is 0. The van der Waals surface area contributed by atoms with Gasteiger partial charge in [0, 0.05) is 0 Å². The first-order valence-corrected chi connectivity index (χ1v) is 0.781. The Kier molecular flexibility index (Phi) is 7.60. The molecule has 2 nitrogen and oxygen atoms in total.